The van der Waals surface area contributed by atoms with Gasteiger partial charge in [0.05, 0.1) is 11.4 Å². The van der Waals surface area contributed by atoms with E-state index in [2.05, 4.69) is 10.3 Å². The van der Waals surface area contributed by atoms with Gasteiger partial charge in [-0.25, -0.2) is 0 Å². The van der Waals surface area contributed by atoms with Crippen molar-refractivity contribution in [3.8, 4) is 0 Å². The summed E-state index contributed by atoms with van der Waals surface area (Å²) in [6.07, 6.45) is 3.24. The molecular formula is C11H14N2O2. The Labute approximate surface area is 87.7 Å². The largest absolute Gasteiger partial charge is 0.411 e. The first-order valence-corrected chi connectivity index (χ1v) is 5.76. The van der Waals surface area contributed by atoms with Gasteiger partial charge in [-0.1, -0.05) is 10.3 Å². The van der Waals surface area contributed by atoms with Gasteiger partial charge in [0.1, 0.15) is 0 Å². The highest BCUT2D eigenvalue weighted by atomic mass is 16.4. The number of hydrogen-bond acceptors (Lipinski definition) is 4. The molecule has 0 heterocycles. The van der Waals surface area contributed by atoms with Crippen LogP contribution in [0.15, 0.2) is 10.3 Å². The van der Waals surface area contributed by atoms with Crippen LogP contribution in [0.3, 0.4) is 0 Å². The molecular weight excluding hydrogens is 192 g/mol. The molecule has 15 heavy (non-hydrogen) atoms. The Morgan fingerprint density at radius 3 is 1.67 bits per heavy atom. The fourth-order valence-corrected chi connectivity index (χ4v) is 5.14. The monoisotopic (exact) mass is 206 g/mol. The molecule has 6 atom stereocenters. The van der Waals surface area contributed by atoms with E-state index in [1.165, 1.54) is 6.42 Å². The van der Waals surface area contributed by atoms with Crippen molar-refractivity contribution >= 4 is 11.4 Å². The van der Waals surface area contributed by atoms with Crippen LogP contribution in [-0.2, 0) is 0 Å². The highest BCUT2D eigenvalue weighted by Gasteiger charge is 2.67. The van der Waals surface area contributed by atoms with Gasteiger partial charge in [-0.3, -0.25) is 0 Å². The lowest BCUT2D eigenvalue weighted by Crippen LogP contribution is -2.26. The molecule has 2 bridgehead atoms. The summed E-state index contributed by atoms with van der Waals surface area (Å²) in [6, 6.07) is 0. The Hall–Kier alpha value is -1.06. The van der Waals surface area contributed by atoms with Crippen LogP contribution in [-0.4, -0.2) is 21.8 Å². The molecule has 4 rings (SSSR count). The van der Waals surface area contributed by atoms with Crippen LogP contribution in [0.5, 0.6) is 0 Å². The first-order chi connectivity index (χ1) is 7.35. The molecule has 0 spiro atoms. The minimum absolute atomic E-state index is 0.398. The summed E-state index contributed by atoms with van der Waals surface area (Å²) in [4.78, 5) is 0. The summed E-state index contributed by atoms with van der Waals surface area (Å²) < 4.78 is 0. The molecule has 0 unspecified atom stereocenters. The predicted octanol–water partition coefficient (Wildman–Crippen LogP) is 1.57. The maximum absolute atomic E-state index is 9.02. The van der Waals surface area contributed by atoms with E-state index >= 15 is 0 Å². The molecule has 0 radical (unpaired) electrons. The fraction of sp³-hybridized carbons (Fsp3) is 0.818. The van der Waals surface area contributed by atoms with Crippen LogP contribution >= 0.6 is 0 Å². The highest BCUT2D eigenvalue weighted by molar-refractivity contribution is 6.00. The van der Waals surface area contributed by atoms with Crippen LogP contribution in [0.2, 0.25) is 0 Å². The second-order valence-corrected chi connectivity index (χ2v) is 5.53. The molecule has 0 amide bonds. The Balaban J connectivity index is 1.87. The first-order valence-electron chi connectivity index (χ1n) is 5.76. The van der Waals surface area contributed by atoms with E-state index < -0.39 is 0 Å². The molecule has 4 aliphatic carbocycles. The maximum atomic E-state index is 9.02. The Morgan fingerprint density at radius 2 is 1.27 bits per heavy atom. The molecule has 4 fully saturated rings. The lowest BCUT2D eigenvalue weighted by Gasteiger charge is -2.24. The Bertz CT molecular complexity index is 350. The Kier molecular flexibility index (Phi) is 1.28. The average molecular weight is 206 g/mol. The van der Waals surface area contributed by atoms with Crippen LogP contribution in [0.25, 0.3) is 0 Å². The van der Waals surface area contributed by atoms with Gasteiger partial charge in [0.2, 0.25) is 0 Å². The minimum atomic E-state index is 0.398. The molecule has 2 N–H and O–H groups in total. The van der Waals surface area contributed by atoms with Crippen molar-refractivity contribution in [1.29, 1.82) is 0 Å². The molecule has 0 aromatic carbocycles. The molecule has 0 saturated heterocycles. The van der Waals surface area contributed by atoms with Crippen molar-refractivity contribution in [2.24, 2.45) is 45.8 Å². The van der Waals surface area contributed by atoms with Crippen molar-refractivity contribution in [3.63, 3.8) is 0 Å². The van der Waals surface area contributed by atoms with Gasteiger partial charge in [-0.05, 0) is 42.9 Å². The van der Waals surface area contributed by atoms with Crippen molar-refractivity contribution in [1.82, 2.24) is 0 Å². The first kappa shape index (κ1) is 8.13. The molecule has 4 heteroatoms. The van der Waals surface area contributed by atoms with Crippen molar-refractivity contribution in [2.75, 3.05) is 0 Å². The third-order valence-electron chi connectivity index (χ3n) is 5.42. The van der Waals surface area contributed by atoms with Crippen LogP contribution in [0.1, 0.15) is 19.3 Å². The summed E-state index contributed by atoms with van der Waals surface area (Å²) in [6.45, 7) is 0. The number of nitrogens with zero attached hydrogens (tertiary/aromatic N) is 2. The third-order valence-corrected chi connectivity index (χ3v) is 5.42. The van der Waals surface area contributed by atoms with E-state index in [1.54, 1.807) is 0 Å². The number of rotatable bonds is 0. The molecule has 80 valence electrons. The zero-order chi connectivity index (χ0) is 10.2. The number of hydrogen-bond donors (Lipinski definition) is 2. The van der Waals surface area contributed by atoms with Gasteiger partial charge in [-0.2, -0.15) is 0 Å². The summed E-state index contributed by atoms with van der Waals surface area (Å²) in [7, 11) is 0. The van der Waals surface area contributed by atoms with Gasteiger partial charge in [0, 0.05) is 11.8 Å². The van der Waals surface area contributed by atoms with Crippen LogP contribution in [0.4, 0.5) is 0 Å². The van der Waals surface area contributed by atoms with Crippen LogP contribution in [0, 0.1) is 35.5 Å². The highest BCUT2D eigenvalue weighted by Crippen LogP contribution is 2.68. The van der Waals surface area contributed by atoms with E-state index in [0.29, 0.717) is 23.7 Å². The molecule has 4 aliphatic rings. The topological polar surface area (TPSA) is 65.2 Å². The number of oxime groups is 2. The van der Waals surface area contributed by atoms with E-state index in [0.717, 1.165) is 36.1 Å². The van der Waals surface area contributed by atoms with Gasteiger partial charge >= 0.3 is 0 Å². The second-order valence-electron chi connectivity index (χ2n) is 5.53. The smallest absolute Gasteiger partial charge is 0.0614 e. The van der Waals surface area contributed by atoms with Crippen molar-refractivity contribution < 1.29 is 10.4 Å². The zero-order valence-corrected chi connectivity index (χ0v) is 8.37. The van der Waals surface area contributed by atoms with Gasteiger partial charge in [-0.15, -0.1) is 0 Å². The van der Waals surface area contributed by atoms with Crippen molar-refractivity contribution in [2.45, 2.75) is 19.3 Å². The third kappa shape index (κ3) is 0.703. The van der Waals surface area contributed by atoms with E-state index in [1.807, 2.05) is 0 Å². The maximum Gasteiger partial charge on any atom is 0.0614 e. The molecule has 4 nitrogen and oxygen atoms in total. The molecule has 4 saturated carbocycles. The molecule has 0 aromatic rings. The quantitative estimate of drug-likeness (QED) is 0.466. The minimum Gasteiger partial charge on any atom is -0.411 e. The summed E-state index contributed by atoms with van der Waals surface area (Å²) in [5.74, 6) is 3.65. The van der Waals surface area contributed by atoms with Gasteiger partial charge in [0.15, 0.2) is 0 Å². The molecule has 0 aromatic heterocycles. The van der Waals surface area contributed by atoms with Crippen molar-refractivity contribution in [3.05, 3.63) is 0 Å². The van der Waals surface area contributed by atoms with E-state index in [-0.39, 0.29) is 0 Å². The summed E-state index contributed by atoms with van der Waals surface area (Å²) in [5.41, 5.74) is 1.95. The second kappa shape index (κ2) is 2.36. The van der Waals surface area contributed by atoms with E-state index in [9.17, 15) is 0 Å². The summed E-state index contributed by atoms with van der Waals surface area (Å²) in [5, 5.41) is 25.0. The Morgan fingerprint density at radius 1 is 0.800 bits per heavy atom. The van der Waals surface area contributed by atoms with Crippen LogP contribution < -0.4 is 0 Å². The zero-order valence-electron chi connectivity index (χ0n) is 8.37. The van der Waals surface area contributed by atoms with Gasteiger partial charge in [0.25, 0.3) is 0 Å². The molecule has 0 aliphatic heterocycles. The predicted molar refractivity (Wildman–Crippen MR) is 53.2 cm³/mol. The number of fused-ring (bicyclic) bond motifs is 2. The average Bonchev–Trinajstić information content (AvgIpc) is 2.83. The van der Waals surface area contributed by atoms with Gasteiger partial charge < -0.3 is 10.4 Å². The lowest BCUT2D eigenvalue weighted by atomic mass is 9.79. The summed E-state index contributed by atoms with van der Waals surface area (Å²) >= 11 is 0. The normalized spacial score (nSPS) is 60.0. The van der Waals surface area contributed by atoms with E-state index in [4.69, 9.17) is 10.4 Å². The standard InChI is InChI=1S/C11H14N2O2/c14-12-8-2-4-5-3-9(13-15)11-7(5)1-6(4)10(8)11/h4-7,10-11,14-15H,1-3H2/b12-8-,13-9-/t4-,5+,6-,7+,10-,11-/m1/s1. The SMILES string of the molecule is O/N=C1/C[C@@H]2[C@@H]3C/C(=N/O)[C@H]4[C@H]3C[C@H]2[C@H]14. The lowest BCUT2D eigenvalue weighted by molar-refractivity contribution is 0.240. The fourth-order valence-electron chi connectivity index (χ4n) is 5.14.